The number of anilines is 1. The summed E-state index contributed by atoms with van der Waals surface area (Å²) in [4.78, 5) is 25.3. The number of hydrogen-bond acceptors (Lipinski definition) is 6. The van der Waals surface area contributed by atoms with E-state index >= 15 is 0 Å². The Balaban J connectivity index is 1.34. The van der Waals surface area contributed by atoms with E-state index in [4.69, 9.17) is 9.40 Å². The van der Waals surface area contributed by atoms with Crippen LogP contribution in [0.2, 0.25) is 0 Å². The zero-order valence-corrected chi connectivity index (χ0v) is 25.4. The molecule has 1 N–H and O–H groups in total. The third-order valence-electron chi connectivity index (χ3n) is 8.46. The minimum Gasteiger partial charge on any atom is -0.451 e. The molecule has 44 heavy (non-hydrogen) atoms. The molecule has 1 aliphatic heterocycles. The molecule has 222 valence electrons. The van der Waals surface area contributed by atoms with Crippen LogP contribution in [0, 0.1) is 0 Å². The molecule has 1 aliphatic rings. The number of sulfonamides is 1. The second kappa shape index (κ2) is 10.7. The Labute approximate surface area is 255 Å². The van der Waals surface area contributed by atoms with Gasteiger partial charge in [0.05, 0.1) is 12.0 Å². The van der Waals surface area contributed by atoms with Crippen LogP contribution >= 0.6 is 0 Å². The number of amides is 1. The van der Waals surface area contributed by atoms with Crippen LogP contribution in [0.1, 0.15) is 10.4 Å². The monoisotopic (exact) mass is 605 g/mol. The van der Waals surface area contributed by atoms with E-state index in [0.29, 0.717) is 22.9 Å². The fourth-order valence-electron chi connectivity index (χ4n) is 5.77. The SMILES string of the molecule is CN(C)C1CN(C(=O)c2ccc(-c3cnc4[nH]c5ccc(N(C)S(=O)(=O)c6ccco6)cc5c4c3-c3ccccc3)cc2)C1. The molecule has 3 aromatic heterocycles. The first kappa shape index (κ1) is 27.9. The summed E-state index contributed by atoms with van der Waals surface area (Å²) < 4.78 is 32.9. The second-order valence-electron chi connectivity index (χ2n) is 11.3. The van der Waals surface area contributed by atoms with E-state index in [1.807, 2.05) is 79.8 Å². The van der Waals surface area contributed by atoms with Crippen molar-refractivity contribution in [1.29, 1.82) is 0 Å². The fourth-order valence-corrected chi connectivity index (χ4v) is 6.86. The van der Waals surface area contributed by atoms with Crippen molar-refractivity contribution in [1.82, 2.24) is 19.8 Å². The van der Waals surface area contributed by atoms with E-state index < -0.39 is 10.0 Å². The van der Waals surface area contributed by atoms with Crippen molar-refractivity contribution < 1.29 is 17.6 Å². The molecule has 1 saturated heterocycles. The molecule has 0 unspecified atom stereocenters. The summed E-state index contributed by atoms with van der Waals surface area (Å²) >= 11 is 0. The molecule has 7 rings (SSSR count). The smallest absolute Gasteiger partial charge is 0.297 e. The highest BCUT2D eigenvalue weighted by molar-refractivity contribution is 7.92. The Bertz CT molecular complexity index is 2100. The van der Waals surface area contributed by atoms with Crippen LogP contribution in [0.4, 0.5) is 5.69 Å². The molecule has 0 bridgehead atoms. The number of fused-ring (bicyclic) bond motifs is 3. The number of likely N-dealkylation sites (N-methyl/N-ethyl adjacent to an activating group) is 1. The first-order valence-electron chi connectivity index (χ1n) is 14.3. The summed E-state index contributed by atoms with van der Waals surface area (Å²) in [6, 6.07) is 26.6. The summed E-state index contributed by atoms with van der Waals surface area (Å²) in [7, 11) is 1.70. The molecular weight excluding hydrogens is 574 g/mol. The number of hydrogen-bond donors (Lipinski definition) is 1. The fraction of sp³-hybridized carbons (Fsp3) is 0.176. The summed E-state index contributed by atoms with van der Waals surface area (Å²) in [5, 5.41) is 1.60. The van der Waals surface area contributed by atoms with Crippen LogP contribution in [-0.2, 0) is 10.0 Å². The minimum atomic E-state index is -3.88. The van der Waals surface area contributed by atoms with Crippen molar-refractivity contribution in [2.45, 2.75) is 11.1 Å². The number of nitrogens with one attached hydrogen (secondary N) is 1. The lowest BCUT2D eigenvalue weighted by atomic mass is 9.92. The Morgan fingerprint density at radius 3 is 2.36 bits per heavy atom. The summed E-state index contributed by atoms with van der Waals surface area (Å²) in [5.41, 5.74) is 6.45. The van der Waals surface area contributed by atoms with Gasteiger partial charge in [0.15, 0.2) is 0 Å². The normalized spacial score (nSPS) is 14.0. The van der Waals surface area contributed by atoms with Gasteiger partial charge in [-0.1, -0.05) is 42.5 Å². The highest BCUT2D eigenvalue weighted by atomic mass is 32.2. The molecule has 0 saturated carbocycles. The van der Waals surface area contributed by atoms with Crippen LogP contribution in [-0.4, -0.2) is 74.4 Å². The number of furan rings is 1. The Morgan fingerprint density at radius 2 is 1.68 bits per heavy atom. The van der Waals surface area contributed by atoms with E-state index in [-0.39, 0.29) is 11.0 Å². The number of carbonyl (C=O) groups excluding carboxylic acids is 1. The predicted molar refractivity (Wildman–Crippen MR) is 172 cm³/mol. The lowest BCUT2D eigenvalue weighted by Gasteiger charge is -2.42. The second-order valence-corrected chi connectivity index (χ2v) is 13.2. The number of rotatable bonds is 7. The lowest BCUT2D eigenvalue weighted by Crippen LogP contribution is -2.59. The topological polar surface area (TPSA) is 103 Å². The molecule has 4 heterocycles. The average Bonchev–Trinajstić information content (AvgIpc) is 3.69. The van der Waals surface area contributed by atoms with Gasteiger partial charge >= 0.3 is 0 Å². The van der Waals surface area contributed by atoms with Crippen LogP contribution in [0.3, 0.4) is 0 Å². The van der Waals surface area contributed by atoms with E-state index in [1.165, 1.54) is 23.7 Å². The van der Waals surface area contributed by atoms with Gasteiger partial charge in [-0.05, 0) is 67.7 Å². The first-order chi connectivity index (χ1) is 21.2. The molecule has 9 nitrogen and oxygen atoms in total. The van der Waals surface area contributed by atoms with Gasteiger partial charge in [-0.25, -0.2) is 4.98 Å². The van der Waals surface area contributed by atoms with Gasteiger partial charge in [0, 0.05) is 65.4 Å². The maximum Gasteiger partial charge on any atom is 0.297 e. The van der Waals surface area contributed by atoms with E-state index in [1.54, 1.807) is 12.1 Å². The van der Waals surface area contributed by atoms with Crippen molar-refractivity contribution in [3.63, 3.8) is 0 Å². The minimum absolute atomic E-state index is 0.0317. The summed E-state index contributed by atoms with van der Waals surface area (Å²) in [6.45, 7) is 1.46. The molecular formula is C34H31N5O4S. The van der Waals surface area contributed by atoms with Gasteiger partial charge in [0.2, 0.25) is 5.09 Å². The van der Waals surface area contributed by atoms with Gasteiger partial charge in [-0.15, -0.1) is 0 Å². The zero-order chi connectivity index (χ0) is 30.6. The van der Waals surface area contributed by atoms with Crippen LogP contribution < -0.4 is 4.31 Å². The van der Waals surface area contributed by atoms with Gasteiger partial charge < -0.3 is 19.2 Å². The third kappa shape index (κ3) is 4.63. The van der Waals surface area contributed by atoms with Crippen LogP contribution in [0.15, 0.2) is 107 Å². The van der Waals surface area contributed by atoms with Gasteiger partial charge in [-0.2, -0.15) is 8.42 Å². The number of benzene rings is 3. The lowest BCUT2D eigenvalue weighted by molar-refractivity contribution is 0.0399. The quantitative estimate of drug-likeness (QED) is 0.245. The number of likely N-dealkylation sites (tertiary alicyclic amines) is 1. The van der Waals surface area contributed by atoms with E-state index in [0.717, 1.165) is 51.6 Å². The van der Waals surface area contributed by atoms with Crippen molar-refractivity contribution in [3.8, 4) is 22.3 Å². The molecule has 1 amide bonds. The van der Waals surface area contributed by atoms with Crippen LogP contribution in [0.5, 0.6) is 0 Å². The summed E-state index contributed by atoms with van der Waals surface area (Å²) in [5.74, 6) is 0.0317. The third-order valence-corrected chi connectivity index (χ3v) is 10.1. The molecule has 6 aromatic rings. The molecule has 0 atom stereocenters. The average molecular weight is 606 g/mol. The number of pyridine rings is 1. The Morgan fingerprint density at radius 1 is 0.932 bits per heavy atom. The molecule has 0 spiro atoms. The molecule has 1 fully saturated rings. The van der Waals surface area contributed by atoms with Crippen molar-refractivity contribution in [2.75, 3.05) is 38.5 Å². The highest BCUT2D eigenvalue weighted by Crippen LogP contribution is 2.41. The van der Waals surface area contributed by atoms with Gasteiger partial charge in [0.1, 0.15) is 5.65 Å². The van der Waals surface area contributed by atoms with E-state index in [9.17, 15) is 13.2 Å². The number of aromatic nitrogens is 2. The zero-order valence-electron chi connectivity index (χ0n) is 24.6. The van der Waals surface area contributed by atoms with Crippen molar-refractivity contribution >= 4 is 43.6 Å². The highest BCUT2D eigenvalue weighted by Gasteiger charge is 2.32. The number of carbonyl (C=O) groups is 1. The number of aromatic amines is 1. The molecule has 0 radical (unpaired) electrons. The number of H-pyrrole nitrogens is 1. The Hall–Kier alpha value is -4.93. The summed E-state index contributed by atoms with van der Waals surface area (Å²) in [6.07, 6.45) is 3.19. The van der Waals surface area contributed by atoms with Crippen molar-refractivity contribution in [2.24, 2.45) is 0 Å². The van der Waals surface area contributed by atoms with E-state index in [2.05, 4.69) is 22.0 Å². The standard InChI is InChI=1S/C34H31N5O4S/c1-37(2)26-20-39(21-26)34(40)24-13-11-22(12-14-24)28-19-35-33-32(31(28)23-8-5-4-6-9-23)27-18-25(15-16-29(27)36-33)38(3)44(41,42)30-10-7-17-43-30/h4-19,26H,20-21H2,1-3H3,(H,35,36). The first-order valence-corrected chi connectivity index (χ1v) is 15.7. The largest absolute Gasteiger partial charge is 0.451 e. The molecule has 3 aromatic carbocycles. The van der Waals surface area contributed by atoms with Crippen molar-refractivity contribution in [3.05, 3.63) is 103 Å². The van der Waals surface area contributed by atoms with Gasteiger partial charge in [0.25, 0.3) is 15.9 Å². The maximum absolute atomic E-state index is 13.2. The maximum atomic E-state index is 13.2. The van der Waals surface area contributed by atoms with Gasteiger partial charge in [-0.3, -0.25) is 9.10 Å². The Kier molecular flexibility index (Phi) is 6.75. The molecule has 10 heteroatoms. The predicted octanol–water partition coefficient (Wildman–Crippen LogP) is 5.85. The van der Waals surface area contributed by atoms with Crippen LogP contribution in [0.25, 0.3) is 44.2 Å². The molecule has 0 aliphatic carbocycles. The number of nitrogens with zero attached hydrogens (tertiary/aromatic N) is 4.